The molecular formula is C10H10BFO5. The van der Waals surface area contributed by atoms with Gasteiger partial charge in [0, 0.05) is 11.0 Å². The summed E-state index contributed by atoms with van der Waals surface area (Å²) in [4.78, 5) is 11.0. The van der Waals surface area contributed by atoms with Crippen LogP contribution in [0.15, 0.2) is 12.1 Å². The third kappa shape index (κ3) is 2.04. The van der Waals surface area contributed by atoms with Crippen LogP contribution in [0.4, 0.5) is 4.39 Å². The molecule has 0 bridgehead atoms. The second-order valence-electron chi connectivity index (χ2n) is 3.64. The number of carbonyl (C=O) groups excluding carboxylic acids is 1. The van der Waals surface area contributed by atoms with Crippen LogP contribution in [0.2, 0.25) is 0 Å². The number of carbonyl (C=O) groups is 1. The minimum atomic E-state index is -1.52. The number of benzene rings is 1. The van der Waals surface area contributed by atoms with E-state index in [0.29, 0.717) is 0 Å². The van der Waals surface area contributed by atoms with Gasteiger partial charge in [0.05, 0.1) is 13.5 Å². The lowest BCUT2D eigenvalue weighted by atomic mass is 9.78. The summed E-state index contributed by atoms with van der Waals surface area (Å²) in [6.45, 7) is 0. The number of hydrogen-bond acceptors (Lipinski definition) is 5. The average molecular weight is 240 g/mol. The molecule has 90 valence electrons. The lowest BCUT2D eigenvalue weighted by Gasteiger charge is -2.07. The van der Waals surface area contributed by atoms with Crippen LogP contribution in [-0.4, -0.2) is 30.3 Å². The molecule has 2 N–H and O–H groups in total. The molecule has 1 aromatic carbocycles. The Morgan fingerprint density at radius 2 is 2.35 bits per heavy atom. The number of aliphatic hydroxyl groups excluding tert-OH is 1. The maximum atomic E-state index is 13.9. The molecular weight excluding hydrogens is 230 g/mol. The number of methoxy groups -OCH3 is 1. The van der Waals surface area contributed by atoms with Crippen LogP contribution in [0.1, 0.15) is 17.4 Å². The lowest BCUT2D eigenvalue weighted by Crippen LogP contribution is -2.32. The van der Waals surface area contributed by atoms with Crippen LogP contribution in [0.3, 0.4) is 0 Å². The molecule has 7 heteroatoms. The number of aliphatic hydroxyl groups is 1. The number of hydrogen-bond donors (Lipinski definition) is 2. The van der Waals surface area contributed by atoms with Crippen molar-refractivity contribution in [3.8, 4) is 0 Å². The first-order valence-corrected chi connectivity index (χ1v) is 4.94. The van der Waals surface area contributed by atoms with E-state index in [2.05, 4.69) is 9.39 Å². The second-order valence-corrected chi connectivity index (χ2v) is 3.64. The lowest BCUT2D eigenvalue weighted by molar-refractivity contribution is -0.139. The summed E-state index contributed by atoms with van der Waals surface area (Å²) < 4.78 is 23.0. The first-order valence-electron chi connectivity index (χ1n) is 4.94. The quantitative estimate of drug-likeness (QED) is 0.525. The number of rotatable bonds is 2. The van der Waals surface area contributed by atoms with Gasteiger partial charge in [-0.3, -0.25) is 4.79 Å². The van der Waals surface area contributed by atoms with Gasteiger partial charge in [0.15, 0.2) is 6.29 Å². The molecule has 0 fully saturated rings. The van der Waals surface area contributed by atoms with E-state index in [1.165, 1.54) is 19.2 Å². The molecule has 0 amide bonds. The van der Waals surface area contributed by atoms with Gasteiger partial charge in [0.1, 0.15) is 5.82 Å². The highest BCUT2D eigenvalue weighted by molar-refractivity contribution is 6.61. The van der Waals surface area contributed by atoms with Crippen LogP contribution in [0.25, 0.3) is 0 Å². The van der Waals surface area contributed by atoms with E-state index in [0.717, 1.165) is 0 Å². The van der Waals surface area contributed by atoms with E-state index in [1.54, 1.807) is 0 Å². The molecule has 5 nitrogen and oxygen atoms in total. The fraction of sp³-hybridized carbons (Fsp3) is 0.300. The van der Waals surface area contributed by atoms with Crippen LogP contribution < -0.4 is 5.46 Å². The Kier molecular flexibility index (Phi) is 3.14. The molecule has 1 aliphatic rings. The predicted molar refractivity (Wildman–Crippen MR) is 55.8 cm³/mol. The molecule has 0 spiro atoms. The van der Waals surface area contributed by atoms with Crippen molar-refractivity contribution in [2.75, 3.05) is 7.11 Å². The molecule has 1 aliphatic heterocycles. The summed E-state index contributed by atoms with van der Waals surface area (Å²) in [6, 6.07) is 2.77. The van der Waals surface area contributed by atoms with Gasteiger partial charge < -0.3 is 19.5 Å². The maximum Gasteiger partial charge on any atom is 0.496 e. The summed E-state index contributed by atoms with van der Waals surface area (Å²) in [5.74, 6) is -1.34. The molecule has 2 rings (SSSR count). The molecule has 1 aromatic rings. The monoisotopic (exact) mass is 240 g/mol. The van der Waals surface area contributed by atoms with Gasteiger partial charge in [-0.05, 0) is 5.56 Å². The highest BCUT2D eigenvalue weighted by Gasteiger charge is 2.37. The molecule has 0 saturated carbocycles. The summed E-state index contributed by atoms with van der Waals surface area (Å²) in [6.07, 6.45) is -1.58. The van der Waals surface area contributed by atoms with Crippen molar-refractivity contribution < 1.29 is 28.7 Å². The summed E-state index contributed by atoms with van der Waals surface area (Å²) in [5, 5.41) is 18.8. The molecule has 1 heterocycles. The fourth-order valence-electron chi connectivity index (χ4n) is 1.75. The number of fused-ring (bicyclic) bond motifs is 1. The van der Waals surface area contributed by atoms with Crippen molar-refractivity contribution >= 4 is 18.6 Å². The Labute approximate surface area is 96.9 Å². The number of halogens is 1. The maximum absolute atomic E-state index is 13.9. The Hall–Kier alpha value is -1.44. The van der Waals surface area contributed by atoms with E-state index < -0.39 is 25.2 Å². The van der Waals surface area contributed by atoms with Crippen molar-refractivity contribution in [3.05, 3.63) is 29.1 Å². The SMILES string of the molecule is COC(=O)Cc1ccc2c(c1F)B(O)OC2O. The predicted octanol–water partition coefficient (Wildman–Crippen LogP) is -0.750. The number of esters is 1. The van der Waals surface area contributed by atoms with Gasteiger partial charge in [0.2, 0.25) is 0 Å². The molecule has 1 atom stereocenters. The third-order valence-electron chi connectivity index (χ3n) is 2.63. The van der Waals surface area contributed by atoms with Gasteiger partial charge in [-0.25, -0.2) is 4.39 Å². The highest BCUT2D eigenvalue weighted by atomic mass is 19.1. The van der Waals surface area contributed by atoms with Gasteiger partial charge >= 0.3 is 13.1 Å². The summed E-state index contributed by atoms with van der Waals surface area (Å²) in [7, 11) is -0.312. The first kappa shape index (κ1) is 12.0. The zero-order valence-electron chi connectivity index (χ0n) is 9.01. The van der Waals surface area contributed by atoms with E-state index in [1.807, 2.05) is 0 Å². The zero-order valence-corrected chi connectivity index (χ0v) is 9.01. The van der Waals surface area contributed by atoms with Crippen LogP contribution in [-0.2, 0) is 20.6 Å². The van der Waals surface area contributed by atoms with Crippen LogP contribution >= 0.6 is 0 Å². The van der Waals surface area contributed by atoms with Crippen LogP contribution in [0.5, 0.6) is 0 Å². The third-order valence-corrected chi connectivity index (χ3v) is 2.63. The van der Waals surface area contributed by atoms with E-state index in [9.17, 15) is 19.3 Å². The van der Waals surface area contributed by atoms with E-state index in [-0.39, 0.29) is 23.0 Å². The van der Waals surface area contributed by atoms with Gasteiger partial charge in [0.25, 0.3) is 0 Å². The molecule has 17 heavy (non-hydrogen) atoms. The Morgan fingerprint density at radius 1 is 1.65 bits per heavy atom. The smallest absolute Gasteiger partial charge is 0.469 e. The normalized spacial score (nSPS) is 18.1. The first-order chi connectivity index (χ1) is 8.04. The van der Waals surface area contributed by atoms with Crippen molar-refractivity contribution in [3.63, 3.8) is 0 Å². The standard InChI is InChI=1S/C10H10BFO5/c1-16-7(13)4-5-2-3-6-8(9(5)12)11(15)17-10(6)14/h2-3,10,14-15H,4H2,1H3. The van der Waals surface area contributed by atoms with Crippen LogP contribution in [0, 0.1) is 5.82 Å². The van der Waals surface area contributed by atoms with Crippen molar-refractivity contribution in [1.29, 1.82) is 0 Å². The topological polar surface area (TPSA) is 76.0 Å². The summed E-state index contributed by atoms with van der Waals surface area (Å²) in [5.41, 5.74) is 0.134. The Balaban J connectivity index is 2.39. The molecule has 0 saturated heterocycles. The van der Waals surface area contributed by atoms with Gasteiger partial charge in [-0.2, -0.15) is 0 Å². The fourth-order valence-corrected chi connectivity index (χ4v) is 1.75. The molecule has 0 radical (unpaired) electrons. The largest absolute Gasteiger partial charge is 0.496 e. The zero-order chi connectivity index (χ0) is 12.6. The van der Waals surface area contributed by atoms with Crippen molar-refractivity contribution in [2.45, 2.75) is 12.7 Å². The van der Waals surface area contributed by atoms with E-state index >= 15 is 0 Å². The second kappa shape index (κ2) is 4.44. The van der Waals surface area contributed by atoms with E-state index in [4.69, 9.17) is 0 Å². The molecule has 1 unspecified atom stereocenters. The number of ether oxygens (including phenoxy) is 1. The molecule has 0 aromatic heterocycles. The van der Waals surface area contributed by atoms with Gasteiger partial charge in [-0.1, -0.05) is 12.1 Å². The minimum Gasteiger partial charge on any atom is -0.469 e. The Bertz CT molecular complexity index is 464. The highest BCUT2D eigenvalue weighted by Crippen LogP contribution is 2.23. The molecule has 0 aliphatic carbocycles. The van der Waals surface area contributed by atoms with Crippen molar-refractivity contribution in [1.82, 2.24) is 0 Å². The summed E-state index contributed by atoms with van der Waals surface area (Å²) >= 11 is 0. The average Bonchev–Trinajstić information content (AvgIpc) is 2.58. The van der Waals surface area contributed by atoms with Gasteiger partial charge in [-0.15, -0.1) is 0 Å². The Morgan fingerprint density at radius 3 is 3.00 bits per heavy atom. The minimum absolute atomic E-state index is 0.0901. The van der Waals surface area contributed by atoms with Crippen molar-refractivity contribution in [2.24, 2.45) is 0 Å².